The molecule has 0 amide bonds. The van der Waals surface area contributed by atoms with Crippen molar-refractivity contribution in [2.45, 2.75) is 0 Å². The molecular formula is C14H10ClNO2. The van der Waals surface area contributed by atoms with Gasteiger partial charge in [0.1, 0.15) is 5.75 Å². The van der Waals surface area contributed by atoms with Gasteiger partial charge in [0, 0.05) is 28.2 Å². The quantitative estimate of drug-likeness (QED) is 0.682. The van der Waals surface area contributed by atoms with Gasteiger partial charge in [0.05, 0.1) is 12.8 Å². The van der Waals surface area contributed by atoms with Gasteiger partial charge in [0.15, 0.2) is 5.43 Å². The first-order valence-corrected chi connectivity index (χ1v) is 5.85. The van der Waals surface area contributed by atoms with Crippen LogP contribution >= 0.6 is 11.6 Å². The standard InChI is InChI=1S/C14H10ClNO2/c1-18-10-6-13-11(14(17)7-10)4-8-2-3-9(15)5-12(8)16-13/h2-7,16H,1H3. The number of rotatable bonds is 1. The third-order valence-electron chi connectivity index (χ3n) is 2.94. The minimum absolute atomic E-state index is 0.0579. The Morgan fingerprint density at radius 1 is 1.17 bits per heavy atom. The summed E-state index contributed by atoms with van der Waals surface area (Å²) in [5, 5.41) is 1.61. The molecular weight excluding hydrogens is 250 g/mol. The van der Waals surface area contributed by atoms with E-state index in [2.05, 4.69) is 4.98 Å². The van der Waals surface area contributed by atoms with Crippen molar-refractivity contribution in [2.75, 3.05) is 7.11 Å². The number of hydrogen-bond acceptors (Lipinski definition) is 2. The molecule has 3 nitrogen and oxygen atoms in total. The zero-order chi connectivity index (χ0) is 12.7. The highest BCUT2D eigenvalue weighted by Gasteiger charge is 2.10. The number of pyridine rings is 1. The summed E-state index contributed by atoms with van der Waals surface area (Å²) in [5.74, 6) is 0.546. The van der Waals surface area contributed by atoms with Gasteiger partial charge < -0.3 is 9.72 Å². The fourth-order valence-electron chi connectivity index (χ4n) is 2.03. The van der Waals surface area contributed by atoms with E-state index in [0.717, 1.165) is 16.6 Å². The fourth-order valence-corrected chi connectivity index (χ4v) is 2.21. The van der Waals surface area contributed by atoms with Gasteiger partial charge in [0.25, 0.3) is 0 Å². The smallest absolute Gasteiger partial charge is 0.191 e. The molecule has 0 atom stereocenters. The van der Waals surface area contributed by atoms with E-state index in [1.54, 1.807) is 19.2 Å². The molecule has 0 radical (unpaired) electrons. The molecule has 1 aromatic carbocycles. The van der Waals surface area contributed by atoms with Crippen LogP contribution in [0.15, 0.2) is 41.2 Å². The zero-order valence-electron chi connectivity index (χ0n) is 9.66. The lowest BCUT2D eigenvalue weighted by Gasteiger charge is -2.09. The van der Waals surface area contributed by atoms with E-state index in [0.29, 0.717) is 16.3 Å². The van der Waals surface area contributed by atoms with E-state index in [1.165, 1.54) is 6.07 Å². The highest BCUT2D eigenvalue weighted by atomic mass is 35.5. The summed E-state index contributed by atoms with van der Waals surface area (Å²) in [6, 6.07) is 10.7. The van der Waals surface area contributed by atoms with Gasteiger partial charge in [-0.15, -0.1) is 0 Å². The number of benzene rings is 2. The normalized spacial score (nSPS) is 11.0. The molecule has 2 aliphatic rings. The first-order chi connectivity index (χ1) is 8.67. The van der Waals surface area contributed by atoms with Crippen molar-refractivity contribution >= 4 is 22.5 Å². The second-order valence-electron chi connectivity index (χ2n) is 4.09. The van der Waals surface area contributed by atoms with Crippen LogP contribution in [-0.4, -0.2) is 12.1 Å². The van der Waals surface area contributed by atoms with E-state index in [-0.39, 0.29) is 5.43 Å². The predicted molar refractivity (Wildman–Crippen MR) is 72.8 cm³/mol. The van der Waals surface area contributed by atoms with Crippen molar-refractivity contribution < 1.29 is 4.74 Å². The molecule has 0 saturated carbocycles. The molecule has 1 heterocycles. The second kappa shape index (κ2) is 4.03. The van der Waals surface area contributed by atoms with Crippen LogP contribution < -0.4 is 10.2 Å². The highest BCUT2D eigenvalue weighted by Crippen LogP contribution is 2.26. The van der Waals surface area contributed by atoms with Crippen LogP contribution in [0.1, 0.15) is 0 Å². The third-order valence-corrected chi connectivity index (χ3v) is 3.17. The number of methoxy groups -OCH3 is 1. The first kappa shape index (κ1) is 11.1. The lowest BCUT2D eigenvalue weighted by Crippen LogP contribution is -2.06. The van der Waals surface area contributed by atoms with Crippen molar-refractivity contribution in [1.29, 1.82) is 0 Å². The summed E-state index contributed by atoms with van der Waals surface area (Å²) in [5.41, 5.74) is 2.22. The molecule has 0 unspecified atom stereocenters. The molecule has 1 N–H and O–H groups in total. The van der Waals surface area contributed by atoms with Crippen molar-refractivity contribution in [2.24, 2.45) is 0 Å². The number of nitrogens with one attached hydrogen (secondary N) is 1. The average molecular weight is 260 g/mol. The molecule has 0 spiro atoms. The third kappa shape index (κ3) is 1.73. The van der Waals surface area contributed by atoms with Crippen molar-refractivity contribution in [1.82, 2.24) is 4.98 Å². The molecule has 0 saturated heterocycles. The maximum Gasteiger partial charge on any atom is 0.191 e. The average Bonchev–Trinajstić information content (AvgIpc) is 2.36. The Morgan fingerprint density at radius 3 is 2.78 bits per heavy atom. The van der Waals surface area contributed by atoms with E-state index in [1.807, 2.05) is 18.2 Å². The molecule has 1 aliphatic heterocycles. The van der Waals surface area contributed by atoms with Crippen LogP contribution in [-0.2, 0) is 0 Å². The summed E-state index contributed by atoms with van der Waals surface area (Å²) in [6.45, 7) is 0. The van der Waals surface area contributed by atoms with Crippen LogP contribution in [0.25, 0.3) is 22.2 Å². The summed E-state index contributed by atoms with van der Waals surface area (Å²) in [4.78, 5) is 15.1. The van der Waals surface area contributed by atoms with Gasteiger partial charge in [-0.3, -0.25) is 4.79 Å². The summed E-state index contributed by atoms with van der Waals surface area (Å²) in [7, 11) is 1.54. The van der Waals surface area contributed by atoms with Crippen LogP contribution in [0.5, 0.6) is 5.75 Å². The van der Waals surface area contributed by atoms with Crippen LogP contribution in [0.3, 0.4) is 0 Å². The maximum atomic E-state index is 11.9. The number of aromatic amines is 1. The molecule has 0 bridgehead atoms. The fraction of sp³-hybridized carbons (Fsp3) is 0.0714. The molecule has 3 rings (SSSR count). The topological polar surface area (TPSA) is 42.1 Å². The number of aromatic nitrogens is 1. The lowest BCUT2D eigenvalue weighted by atomic mass is 10.1. The monoisotopic (exact) mass is 259 g/mol. The Bertz CT molecular complexity index is 764. The van der Waals surface area contributed by atoms with E-state index in [4.69, 9.17) is 16.3 Å². The highest BCUT2D eigenvalue weighted by molar-refractivity contribution is 6.31. The summed E-state index contributed by atoms with van der Waals surface area (Å²) >= 11 is 5.95. The minimum atomic E-state index is -0.0579. The molecule has 0 fully saturated rings. The molecule has 0 aromatic heterocycles. The van der Waals surface area contributed by atoms with E-state index in [9.17, 15) is 4.79 Å². The SMILES string of the molecule is COc1cc2[nH]c3cc(Cl)ccc3cc-2c(=O)c1. The number of hydrogen-bond donors (Lipinski definition) is 1. The van der Waals surface area contributed by atoms with Crippen molar-refractivity contribution in [3.8, 4) is 17.0 Å². The molecule has 1 aliphatic carbocycles. The Hall–Kier alpha value is -2.00. The summed E-state index contributed by atoms with van der Waals surface area (Å²) in [6.07, 6.45) is 0. The van der Waals surface area contributed by atoms with Gasteiger partial charge in [-0.05, 0) is 23.6 Å². The Balaban J connectivity index is 2.42. The predicted octanol–water partition coefficient (Wildman–Crippen LogP) is 3.29. The van der Waals surface area contributed by atoms with Crippen molar-refractivity contribution in [3.05, 3.63) is 51.6 Å². The maximum absolute atomic E-state index is 11.9. The lowest BCUT2D eigenvalue weighted by molar-refractivity contribution is 0.414. The Kier molecular flexibility index (Phi) is 2.49. The number of H-pyrrole nitrogens is 1. The minimum Gasteiger partial charge on any atom is -0.497 e. The Labute approximate surface area is 108 Å². The molecule has 1 aromatic rings. The first-order valence-electron chi connectivity index (χ1n) is 5.48. The molecule has 90 valence electrons. The van der Waals surface area contributed by atoms with Crippen LogP contribution in [0.2, 0.25) is 5.02 Å². The number of fused-ring (bicyclic) bond motifs is 2. The van der Waals surface area contributed by atoms with Gasteiger partial charge >= 0.3 is 0 Å². The van der Waals surface area contributed by atoms with Gasteiger partial charge in [-0.1, -0.05) is 17.7 Å². The number of ether oxygens (including phenoxy) is 1. The van der Waals surface area contributed by atoms with E-state index < -0.39 is 0 Å². The largest absolute Gasteiger partial charge is 0.497 e. The van der Waals surface area contributed by atoms with Gasteiger partial charge in [-0.25, -0.2) is 0 Å². The number of halogens is 1. The van der Waals surface area contributed by atoms with Gasteiger partial charge in [0.2, 0.25) is 0 Å². The second-order valence-corrected chi connectivity index (χ2v) is 4.52. The Morgan fingerprint density at radius 2 is 2.00 bits per heavy atom. The van der Waals surface area contributed by atoms with E-state index >= 15 is 0 Å². The zero-order valence-corrected chi connectivity index (χ0v) is 10.4. The van der Waals surface area contributed by atoms with Crippen molar-refractivity contribution in [3.63, 3.8) is 0 Å². The molecule has 4 heteroatoms. The van der Waals surface area contributed by atoms with Crippen LogP contribution in [0.4, 0.5) is 0 Å². The van der Waals surface area contributed by atoms with Crippen LogP contribution in [0, 0.1) is 0 Å². The molecule has 18 heavy (non-hydrogen) atoms. The summed E-state index contributed by atoms with van der Waals surface area (Å²) < 4.78 is 5.09. The van der Waals surface area contributed by atoms with Gasteiger partial charge in [-0.2, -0.15) is 0 Å².